The molecular formula is C21H19N3O3. The van der Waals surface area contributed by atoms with E-state index in [0.29, 0.717) is 34.8 Å². The number of benzene rings is 2. The number of carbonyl (C=O) groups is 2. The molecule has 0 fully saturated rings. The maximum absolute atomic E-state index is 12.9. The molecule has 2 aromatic carbocycles. The Labute approximate surface area is 156 Å². The first-order chi connectivity index (χ1) is 13.1. The lowest BCUT2D eigenvalue weighted by Crippen LogP contribution is -2.25. The van der Waals surface area contributed by atoms with Gasteiger partial charge in [0.05, 0.1) is 11.3 Å². The zero-order valence-corrected chi connectivity index (χ0v) is 14.9. The molecule has 2 amide bonds. The van der Waals surface area contributed by atoms with Crippen LogP contribution in [0.3, 0.4) is 0 Å². The van der Waals surface area contributed by atoms with Gasteiger partial charge in [0.15, 0.2) is 0 Å². The topological polar surface area (TPSA) is 84.2 Å². The van der Waals surface area contributed by atoms with Crippen molar-refractivity contribution in [1.82, 2.24) is 10.5 Å². The molecule has 3 aromatic rings. The third-order valence-electron chi connectivity index (χ3n) is 3.96. The Balaban J connectivity index is 1.91. The fourth-order valence-electron chi connectivity index (χ4n) is 2.67. The van der Waals surface area contributed by atoms with Gasteiger partial charge in [-0.15, -0.1) is 6.58 Å². The predicted octanol–water partition coefficient (Wildman–Crippen LogP) is 3.82. The standard InChI is InChI=1S/C21H19N3O3/c1-3-13-22-20(25)16-11-7-8-12-17(16)23-21(26)18-14(2)27-24-19(18)15-9-5-4-6-10-15/h3-12H,1,13H2,2H3,(H,22,25)(H,23,26). The minimum Gasteiger partial charge on any atom is -0.360 e. The number of para-hydroxylation sites is 1. The lowest BCUT2D eigenvalue weighted by atomic mass is 10.1. The maximum atomic E-state index is 12.9. The van der Waals surface area contributed by atoms with Crippen molar-refractivity contribution in [3.8, 4) is 11.3 Å². The molecule has 6 nitrogen and oxygen atoms in total. The Hall–Kier alpha value is -3.67. The lowest BCUT2D eigenvalue weighted by molar-refractivity contribution is 0.0959. The van der Waals surface area contributed by atoms with Crippen LogP contribution in [0.2, 0.25) is 0 Å². The van der Waals surface area contributed by atoms with E-state index in [0.717, 1.165) is 5.56 Å². The molecule has 6 heteroatoms. The molecule has 0 atom stereocenters. The van der Waals surface area contributed by atoms with Gasteiger partial charge in [0.2, 0.25) is 0 Å². The van der Waals surface area contributed by atoms with E-state index in [1.54, 1.807) is 37.3 Å². The second-order valence-electron chi connectivity index (χ2n) is 5.83. The number of hydrogen-bond acceptors (Lipinski definition) is 4. The van der Waals surface area contributed by atoms with Gasteiger partial charge in [-0.25, -0.2) is 0 Å². The zero-order chi connectivity index (χ0) is 19.2. The van der Waals surface area contributed by atoms with E-state index >= 15 is 0 Å². The molecule has 0 bridgehead atoms. The Morgan fingerprint density at radius 3 is 2.52 bits per heavy atom. The van der Waals surface area contributed by atoms with E-state index in [1.807, 2.05) is 30.3 Å². The van der Waals surface area contributed by atoms with Crippen molar-refractivity contribution in [2.75, 3.05) is 11.9 Å². The van der Waals surface area contributed by atoms with Crippen molar-refractivity contribution >= 4 is 17.5 Å². The van der Waals surface area contributed by atoms with Gasteiger partial charge in [-0.2, -0.15) is 0 Å². The number of aromatic nitrogens is 1. The van der Waals surface area contributed by atoms with Crippen LogP contribution in [-0.2, 0) is 0 Å². The minimum absolute atomic E-state index is 0.295. The summed E-state index contributed by atoms with van der Waals surface area (Å²) in [4.78, 5) is 25.2. The van der Waals surface area contributed by atoms with E-state index in [2.05, 4.69) is 22.4 Å². The average molecular weight is 361 g/mol. The number of hydrogen-bond donors (Lipinski definition) is 2. The molecule has 0 unspecified atom stereocenters. The smallest absolute Gasteiger partial charge is 0.261 e. The molecule has 0 aliphatic carbocycles. The zero-order valence-electron chi connectivity index (χ0n) is 14.9. The summed E-state index contributed by atoms with van der Waals surface area (Å²) in [6.07, 6.45) is 1.59. The summed E-state index contributed by atoms with van der Waals surface area (Å²) < 4.78 is 5.24. The number of nitrogens with zero attached hydrogens (tertiary/aromatic N) is 1. The number of aryl methyl sites for hydroxylation is 1. The lowest BCUT2D eigenvalue weighted by Gasteiger charge is -2.11. The minimum atomic E-state index is -0.392. The van der Waals surface area contributed by atoms with E-state index in [-0.39, 0.29) is 5.91 Å². The van der Waals surface area contributed by atoms with Gasteiger partial charge in [-0.05, 0) is 19.1 Å². The highest BCUT2D eigenvalue weighted by atomic mass is 16.5. The average Bonchev–Trinajstić information content (AvgIpc) is 3.08. The second-order valence-corrected chi connectivity index (χ2v) is 5.83. The van der Waals surface area contributed by atoms with Gasteiger partial charge in [0.1, 0.15) is 17.0 Å². The van der Waals surface area contributed by atoms with E-state index < -0.39 is 5.91 Å². The highest BCUT2D eigenvalue weighted by molar-refractivity contribution is 6.11. The monoisotopic (exact) mass is 361 g/mol. The van der Waals surface area contributed by atoms with E-state index in [1.165, 1.54) is 0 Å². The first-order valence-corrected chi connectivity index (χ1v) is 8.43. The fourth-order valence-corrected chi connectivity index (χ4v) is 2.67. The second kappa shape index (κ2) is 8.14. The summed E-state index contributed by atoms with van der Waals surface area (Å²) in [5.74, 6) is -0.285. The maximum Gasteiger partial charge on any atom is 0.261 e. The summed E-state index contributed by atoms with van der Waals surface area (Å²) in [6.45, 7) is 5.59. The molecule has 0 saturated heterocycles. The Morgan fingerprint density at radius 2 is 1.78 bits per heavy atom. The van der Waals surface area contributed by atoms with Crippen LogP contribution in [0.1, 0.15) is 26.5 Å². The SMILES string of the molecule is C=CCNC(=O)c1ccccc1NC(=O)c1c(-c2ccccc2)noc1C. The first-order valence-electron chi connectivity index (χ1n) is 8.43. The van der Waals surface area contributed by atoms with Gasteiger partial charge in [-0.1, -0.05) is 53.7 Å². The Bertz CT molecular complexity index is 977. The van der Waals surface area contributed by atoms with Crippen molar-refractivity contribution < 1.29 is 14.1 Å². The quantitative estimate of drug-likeness (QED) is 0.654. The normalized spacial score (nSPS) is 10.3. The number of rotatable bonds is 6. The number of anilines is 1. The van der Waals surface area contributed by atoms with Crippen molar-refractivity contribution in [2.45, 2.75) is 6.92 Å². The predicted molar refractivity (Wildman–Crippen MR) is 104 cm³/mol. The summed E-state index contributed by atoms with van der Waals surface area (Å²) in [5.41, 5.74) is 2.34. The van der Waals surface area contributed by atoms with E-state index in [4.69, 9.17) is 4.52 Å². The molecular weight excluding hydrogens is 342 g/mol. The molecule has 2 N–H and O–H groups in total. The Morgan fingerprint density at radius 1 is 1.07 bits per heavy atom. The van der Waals surface area contributed by atoms with Crippen molar-refractivity contribution in [3.05, 3.63) is 84.1 Å². The Kier molecular flexibility index (Phi) is 5.47. The molecule has 136 valence electrons. The van der Waals surface area contributed by atoms with Gasteiger partial charge >= 0.3 is 0 Å². The third-order valence-corrected chi connectivity index (χ3v) is 3.96. The van der Waals surface area contributed by atoms with Gasteiger partial charge in [-0.3, -0.25) is 9.59 Å². The van der Waals surface area contributed by atoms with Gasteiger partial charge in [0.25, 0.3) is 11.8 Å². The molecule has 0 aliphatic rings. The molecule has 3 rings (SSSR count). The highest BCUT2D eigenvalue weighted by Gasteiger charge is 2.23. The first kappa shape index (κ1) is 18.1. The molecule has 0 spiro atoms. The van der Waals surface area contributed by atoms with E-state index in [9.17, 15) is 9.59 Å². The van der Waals surface area contributed by atoms with Crippen molar-refractivity contribution in [1.29, 1.82) is 0 Å². The summed E-state index contributed by atoms with van der Waals surface area (Å²) >= 11 is 0. The summed E-state index contributed by atoms with van der Waals surface area (Å²) in [7, 11) is 0. The van der Waals surface area contributed by atoms with Crippen molar-refractivity contribution in [3.63, 3.8) is 0 Å². The van der Waals surface area contributed by atoms with Crippen LogP contribution >= 0.6 is 0 Å². The van der Waals surface area contributed by atoms with Crippen LogP contribution in [-0.4, -0.2) is 23.5 Å². The fraction of sp³-hybridized carbons (Fsp3) is 0.0952. The van der Waals surface area contributed by atoms with Crippen LogP contribution in [0.25, 0.3) is 11.3 Å². The van der Waals surface area contributed by atoms with Crippen LogP contribution in [0.5, 0.6) is 0 Å². The molecule has 1 aromatic heterocycles. The van der Waals surface area contributed by atoms with Crippen molar-refractivity contribution in [2.24, 2.45) is 0 Å². The molecule has 1 heterocycles. The number of carbonyl (C=O) groups excluding carboxylic acids is 2. The van der Waals surface area contributed by atoms with Crippen LogP contribution < -0.4 is 10.6 Å². The molecule has 27 heavy (non-hydrogen) atoms. The molecule has 0 aliphatic heterocycles. The highest BCUT2D eigenvalue weighted by Crippen LogP contribution is 2.26. The molecule has 0 saturated carbocycles. The summed E-state index contributed by atoms with van der Waals surface area (Å²) in [6, 6.07) is 16.1. The molecule has 0 radical (unpaired) electrons. The number of nitrogens with one attached hydrogen (secondary N) is 2. The van der Waals surface area contributed by atoms with Gasteiger partial charge in [0, 0.05) is 12.1 Å². The van der Waals surface area contributed by atoms with Crippen LogP contribution in [0, 0.1) is 6.92 Å². The van der Waals surface area contributed by atoms with Gasteiger partial charge < -0.3 is 15.2 Å². The summed E-state index contributed by atoms with van der Waals surface area (Å²) in [5, 5.41) is 9.52. The largest absolute Gasteiger partial charge is 0.360 e. The van der Waals surface area contributed by atoms with Crippen LogP contribution in [0.15, 0.2) is 71.8 Å². The van der Waals surface area contributed by atoms with Crippen LogP contribution in [0.4, 0.5) is 5.69 Å². The third kappa shape index (κ3) is 3.95. The number of amides is 2.